The number of rotatable bonds is 4. The smallest absolute Gasteiger partial charge is 0.356 e. The maximum atomic E-state index is 14.6. The monoisotopic (exact) mass is 447 g/mol. The lowest BCUT2D eigenvalue weighted by molar-refractivity contribution is -0.105. The molecule has 0 N–H and O–H groups in total. The first-order chi connectivity index (χ1) is 14.0. The summed E-state index contributed by atoms with van der Waals surface area (Å²) in [5.74, 6) is -4.33. The molecule has 30 heavy (non-hydrogen) atoms. The van der Waals surface area contributed by atoms with Crippen LogP contribution in [0.4, 0.5) is 32.0 Å². The van der Waals surface area contributed by atoms with Crippen LogP contribution >= 0.6 is 11.8 Å². The van der Waals surface area contributed by atoms with E-state index in [1.54, 1.807) is 17.0 Å². The maximum absolute atomic E-state index is 14.6. The van der Waals surface area contributed by atoms with E-state index >= 15 is 0 Å². The molecule has 0 radical (unpaired) electrons. The van der Waals surface area contributed by atoms with E-state index in [1.165, 1.54) is 25.4 Å². The molecule has 3 nitrogen and oxygen atoms in total. The van der Waals surface area contributed by atoms with Gasteiger partial charge in [0.1, 0.15) is 17.3 Å². The van der Waals surface area contributed by atoms with Crippen molar-refractivity contribution in [2.75, 3.05) is 18.8 Å². The number of nitrogens with zero attached hydrogens (tertiary/aromatic N) is 3. The van der Waals surface area contributed by atoms with Crippen molar-refractivity contribution >= 4 is 23.3 Å². The summed E-state index contributed by atoms with van der Waals surface area (Å²) in [6.07, 6.45) is -2.08. The highest BCUT2D eigenvalue weighted by atomic mass is 32.2. The first kappa shape index (κ1) is 22.5. The summed E-state index contributed by atoms with van der Waals surface area (Å²) in [5.41, 5.74) is 0.717. The molecule has 0 amide bonds. The molecule has 10 heteroatoms. The standard InChI is InChI=1S/C20H19F6N3S/c1-13-9-15(21)16(10-17(13)30-12-20(24,25)26)28-18(14-3-2-6-27-11-14)29-7-4-19(22,23)5-8-29/h2-3,6,9-11H,4-5,7-8,12H2,1H3/b28-18-. The quantitative estimate of drug-likeness (QED) is 0.249. The fraction of sp³-hybridized carbons (Fsp3) is 0.400. The Morgan fingerprint density at radius 2 is 1.93 bits per heavy atom. The summed E-state index contributed by atoms with van der Waals surface area (Å²) >= 11 is 0.549. The van der Waals surface area contributed by atoms with Crippen LogP contribution in [0.15, 0.2) is 46.5 Å². The molecule has 1 aromatic heterocycles. The Balaban J connectivity index is 1.98. The third kappa shape index (κ3) is 5.90. The van der Waals surface area contributed by atoms with Gasteiger partial charge in [0.25, 0.3) is 5.92 Å². The summed E-state index contributed by atoms with van der Waals surface area (Å²) in [6, 6.07) is 5.70. The van der Waals surface area contributed by atoms with Gasteiger partial charge in [0, 0.05) is 48.8 Å². The SMILES string of the molecule is Cc1cc(F)c(/N=C(/c2cccnc2)N2CCC(F)(F)CC2)cc1SCC(F)(F)F. The number of alkyl halides is 5. The molecule has 1 aliphatic rings. The van der Waals surface area contributed by atoms with E-state index in [0.29, 0.717) is 22.9 Å². The second-order valence-electron chi connectivity index (χ2n) is 6.99. The second kappa shape index (κ2) is 8.87. The summed E-state index contributed by atoms with van der Waals surface area (Å²) < 4.78 is 79.5. The van der Waals surface area contributed by atoms with Crippen LogP contribution in [0, 0.1) is 12.7 Å². The summed E-state index contributed by atoms with van der Waals surface area (Å²) in [7, 11) is 0. The van der Waals surface area contributed by atoms with Crippen molar-refractivity contribution in [2.24, 2.45) is 4.99 Å². The number of aryl methyl sites for hydroxylation is 1. The van der Waals surface area contributed by atoms with E-state index in [0.717, 1.165) is 6.07 Å². The van der Waals surface area contributed by atoms with Crippen LogP contribution < -0.4 is 0 Å². The molecular weight excluding hydrogens is 428 g/mol. The number of benzene rings is 1. The molecule has 0 spiro atoms. The number of aliphatic imine (C=N–C) groups is 1. The largest absolute Gasteiger partial charge is 0.398 e. The van der Waals surface area contributed by atoms with Gasteiger partial charge in [-0.15, -0.1) is 11.8 Å². The molecule has 162 valence electrons. The highest BCUT2D eigenvalue weighted by Gasteiger charge is 2.35. The van der Waals surface area contributed by atoms with Gasteiger partial charge in [0.15, 0.2) is 0 Å². The minimum absolute atomic E-state index is 0.0177. The third-order valence-electron chi connectivity index (χ3n) is 4.58. The number of hydrogen-bond donors (Lipinski definition) is 0. The van der Waals surface area contributed by atoms with Gasteiger partial charge in [-0.05, 0) is 36.8 Å². The van der Waals surface area contributed by atoms with Gasteiger partial charge >= 0.3 is 6.18 Å². The average Bonchev–Trinajstić information content (AvgIpc) is 2.67. The Kier molecular flexibility index (Phi) is 6.64. The minimum Gasteiger partial charge on any atom is -0.356 e. The first-order valence-electron chi connectivity index (χ1n) is 9.16. The lowest BCUT2D eigenvalue weighted by atomic mass is 10.1. The van der Waals surface area contributed by atoms with Gasteiger partial charge in [0.05, 0.1) is 5.75 Å². The number of halogens is 6. The Morgan fingerprint density at radius 1 is 1.23 bits per heavy atom. The molecule has 0 aliphatic carbocycles. The number of likely N-dealkylation sites (tertiary alicyclic amines) is 1. The van der Waals surface area contributed by atoms with Crippen molar-refractivity contribution in [1.29, 1.82) is 0 Å². The van der Waals surface area contributed by atoms with Crippen molar-refractivity contribution in [3.05, 3.63) is 53.6 Å². The average molecular weight is 447 g/mol. The number of hydrogen-bond acceptors (Lipinski definition) is 3. The predicted molar refractivity (Wildman–Crippen MR) is 104 cm³/mol. The van der Waals surface area contributed by atoms with Crippen LogP contribution in [0.1, 0.15) is 24.0 Å². The van der Waals surface area contributed by atoms with Gasteiger partial charge in [-0.3, -0.25) is 4.98 Å². The predicted octanol–water partition coefficient (Wildman–Crippen LogP) is 5.99. The molecule has 1 aromatic carbocycles. The summed E-state index contributed by atoms with van der Waals surface area (Å²) in [6.45, 7) is 1.55. The van der Waals surface area contributed by atoms with E-state index in [4.69, 9.17) is 0 Å². The number of aromatic nitrogens is 1. The molecule has 2 aromatic rings. The van der Waals surface area contributed by atoms with Crippen molar-refractivity contribution < 1.29 is 26.3 Å². The molecular formula is C20H19F6N3S. The lowest BCUT2D eigenvalue weighted by Crippen LogP contribution is -2.43. The Labute approximate surface area is 174 Å². The van der Waals surface area contributed by atoms with E-state index in [1.807, 2.05) is 0 Å². The third-order valence-corrected chi connectivity index (χ3v) is 5.80. The first-order valence-corrected chi connectivity index (χ1v) is 10.1. The fourth-order valence-electron chi connectivity index (χ4n) is 3.02. The number of amidine groups is 1. The number of thioether (sulfide) groups is 1. The normalized spacial score (nSPS) is 17.3. The molecule has 0 saturated carbocycles. The zero-order valence-electron chi connectivity index (χ0n) is 16.0. The van der Waals surface area contributed by atoms with E-state index in [-0.39, 0.29) is 42.3 Å². The Hall–Kier alpha value is -2.23. The van der Waals surface area contributed by atoms with Crippen LogP contribution in [0.25, 0.3) is 0 Å². The zero-order chi connectivity index (χ0) is 21.9. The van der Waals surface area contributed by atoms with Crippen LogP contribution in [0.2, 0.25) is 0 Å². The van der Waals surface area contributed by atoms with Gasteiger partial charge in [-0.25, -0.2) is 18.2 Å². The van der Waals surface area contributed by atoms with Crippen molar-refractivity contribution in [3.8, 4) is 0 Å². The van der Waals surface area contributed by atoms with Gasteiger partial charge in [0.2, 0.25) is 0 Å². The molecule has 0 unspecified atom stereocenters. The van der Waals surface area contributed by atoms with E-state index < -0.39 is 23.7 Å². The maximum Gasteiger partial charge on any atom is 0.398 e. The highest BCUT2D eigenvalue weighted by Crippen LogP contribution is 2.34. The molecule has 2 heterocycles. The molecule has 1 saturated heterocycles. The molecule has 0 bridgehead atoms. The zero-order valence-corrected chi connectivity index (χ0v) is 16.8. The van der Waals surface area contributed by atoms with Crippen LogP contribution in [0.3, 0.4) is 0 Å². The minimum atomic E-state index is -4.37. The Morgan fingerprint density at radius 3 is 2.53 bits per heavy atom. The second-order valence-corrected chi connectivity index (χ2v) is 8.01. The van der Waals surface area contributed by atoms with Gasteiger partial charge in [-0.1, -0.05) is 0 Å². The van der Waals surface area contributed by atoms with E-state index in [2.05, 4.69) is 9.98 Å². The van der Waals surface area contributed by atoms with Crippen LogP contribution in [-0.2, 0) is 0 Å². The van der Waals surface area contributed by atoms with Crippen molar-refractivity contribution in [1.82, 2.24) is 9.88 Å². The number of pyridine rings is 1. The Bertz CT molecular complexity index is 905. The molecule has 3 rings (SSSR count). The number of piperidine rings is 1. The van der Waals surface area contributed by atoms with Crippen LogP contribution in [-0.4, -0.2) is 46.7 Å². The van der Waals surface area contributed by atoms with Crippen molar-refractivity contribution in [3.63, 3.8) is 0 Å². The van der Waals surface area contributed by atoms with Crippen molar-refractivity contribution in [2.45, 2.75) is 36.8 Å². The fourth-order valence-corrected chi connectivity index (χ4v) is 3.82. The summed E-state index contributed by atoms with van der Waals surface area (Å²) in [4.78, 5) is 10.2. The topological polar surface area (TPSA) is 28.5 Å². The lowest BCUT2D eigenvalue weighted by Gasteiger charge is -2.34. The van der Waals surface area contributed by atoms with Gasteiger partial charge < -0.3 is 4.90 Å². The van der Waals surface area contributed by atoms with Gasteiger partial charge in [-0.2, -0.15) is 13.2 Å². The van der Waals surface area contributed by atoms with Crippen LogP contribution in [0.5, 0.6) is 0 Å². The molecule has 0 atom stereocenters. The summed E-state index contributed by atoms with van der Waals surface area (Å²) in [5, 5.41) is 0. The molecule has 1 fully saturated rings. The van der Waals surface area contributed by atoms with E-state index in [9.17, 15) is 26.3 Å². The molecule has 1 aliphatic heterocycles. The highest BCUT2D eigenvalue weighted by molar-refractivity contribution is 7.99.